The van der Waals surface area contributed by atoms with Crippen LogP contribution >= 0.6 is 0 Å². The lowest BCUT2D eigenvalue weighted by Crippen LogP contribution is -1.98. The molecule has 82 valence electrons. The van der Waals surface area contributed by atoms with Crippen molar-refractivity contribution in [3.63, 3.8) is 0 Å². The number of benzene rings is 1. The quantitative estimate of drug-likeness (QED) is 0.715. The first kappa shape index (κ1) is 10.5. The van der Waals surface area contributed by atoms with Crippen LogP contribution in [0.4, 0.5) is 0 Å². The average Bonchev–Trinajstić information content (AvgIpc) is 2.80. The Hall–Kier alpha value is -2.03. The number of ether oxygens (including phenoxy) is 1. The molecule has 0 fully saturated rings. The van der Waals surface area contributed by atoms with Gasteiger partial charge in [-0.3, -0.25) is 0 Å². The number of aromatic nitrogens is 2. The van der Waals surface area contributed by atoms with Crippen LogP contribution in [0.3, 0.4) is 0 Å². The molecule has 16 heavy (non-hydrogen) atoms. The van der Waals surface area contributed by atoms with Crippen molar-refractivity contribution in [2.45, 2.75) is 6.54 Å². The standard InChI is InChI=1S/C13H14N2O/c1-2-8-16-13-5-3-4-12(9-13)10-15-7-6-14-11-15/h2-7,9,11H,1,8,10H2. The van der Waals surface area contributed by atoms with E-state index in [1.54, 1.807) is 18.6 Å². The Bertz CT molecular complexity index is 449. The zero-order chi connectivity index (χ0) is 11.2. The van der Waals surface area contributed by atoms with Crippen LogP contribution in [-0.4, -0.2) is 16.2 Å². The van der Waals surface area contributed by atoms with Gasteiger partial charge in [-0.05, 0) is 17.7 Å². The molecule has 2 rings (SSSR count). The molecule has 3 heteroatoms. The summed E-state index contributed by atoms with van der Waals surface area (Å²) in [7, 11) is 0. The lowest BCUT2D eigenvalue weighted by molar-refractivity contribution is 0.363. The van der Waals surface area contributed by atoms with E-state index >= 15 is 0 Å². The van der Waals surface area contributed by atoms with Crippen LogP contribution in [-0.2, 0) is 6.54 Å². The second-order valence-electron chi connectivity index (χ2n) is 3.48. The molecule has 1 aromatic heterocycles. The van der Waals surface area contributed by atoms with Gasteiger partial charge in [-0.2, -0.15) is 0 Å². The highest BCUT2D eigenvalue weighted by Crippen LogP contribution is 2.14. The molecule has 0 bridgehead atoms. The van der Waals surface area contributed by atoms with E-state index in [0.29, 0.717) is 6.61 Å². The zero-order valence-electron chi connectivity index (χ0n) is 9.04. The lowest BCUT2D eigenvalue weighted by Gasteiger charge is -2.06. The van der Waals surface area contributed by atoms with E-state index in [9.17, 15) is 0 Å². The van der Waals surface area contributed by atoms with Crippen LogP contribution in [0.1, 0.15) is 5.56 Å². The van der Waals surface area contributed by atoms with E-state index < -0.39 is 0 Å². The van der Waals surface area contributed by atoms with E-state index in [4.69, 9.17) is 4.74 Å². The molecular formula is C13H14N2O. The maximum Gasteiger partial charge on any atom is 0.120 e. The molecule has 0 N–H and O–H groups in total. The molecule has 0 aliphatic heterocycles. The summed E-state index contributed by atoms with van der Waals surface area (Å²) in [5.74, 6) is 0.873. The Kier molecular flexibility index (Phi) is 3.38. The van der Waals surface area contributed by atoms with E-state index in [1.165, 1.54) is 5.56 Å². The first-order valence-corrected chi connectivity index (χ1v) is 5.17. The maximum absolute atomic E-state index is 5.47. The maximum atomic E-state index is 5.47. The molecule has 1 aromatic carbocycles. The highest BCUT2D eigenvalue weighted by atomic mass is 16.5. The van der Waals surface area contributed by atoms with Gasteiger partial charge in [0.1, 0.15) is 12.4 Å². The summed E-state index contributed by atoms with van der Waals surface area (Å²) in [4.78, 5) is 4.01. The van der Waals surface area contributed by atoms with Gasteiger partial charge in [0.05, 0.1) is 6.33 Å². The summed E-state index contributed by atoms with van der Waals surface area (Å²) >= 11 is 0. The van der Waals surface area contributed by atoms with Gasteiger partial charge in [0.2, 0.25) is 0 Å². The fourth-order valence-corrected chi connectivity index (χ4v) is 1.48. The average molecular weight is 214 g/mol. The van der Waals surface area contributed by atoms with Gasteiger partial charge in [0.25, 0.3) is 0 Å². The molecule has 2 aromatic rings. The first-order valence-electron chi connectivity index (χ1n) is 5.17. The largest absolute Gasteiger partial charge is 0.490 e. The van der Waals surface area contributed by atoms with Crippen LogP contribution in [0, 0.1) is 0 Å². The number of imidazole rings is 1. The minimum Gasteiger partial charge on any atom is -0.490 e. The molecule has 1 heterocycles. The van der Waals surface area contributed by atoms with Gasteiger partial charge in [-0.25, -0.2) is 4.98 Å². The van der Waals surface area contributed by atoms with Crippen LogP contribution in [0.5, 0.6) is 5.75 Å². The third-order valence-electron chi connectivity index (χ3n) is 2.19. The highest BCUT2D eigenvalue weighted by molar-refractivity contribution is 5.28. The molecule has 0 aliphatic rings. The minimum atomic E-state index is 0.536. The molecule has 0 atom stereocenters. The first-order chi connectivity index (χ1) is 7.88. The molecule has 0 spiro atoms. The smallest absolute Gasteiger partial charge is 0.120 e. The fraction of sp³-hybridized carbons (Fsp3) is 0.154. The summed E-state index contributed by atoms with van der Waals surface area (Å²) in [6, 6.07) is 8.04. The summed E-state index contributed by atoms with van der Waals surface area (Å²) < 4.78 is 7.49. The molecule has 0 radical (unpaired) electrons. The van der Waals surface area contributed by atoms with Gasteiger partial charge < -0.3 is 9.30 Å². The van der Waals surface area contributed by atoms with Crippen LogP contribution < -0.4 is 4.74 Å². The Labute approximate surface area is 95.0 Å². The Morgan fingerprint density at radius 1 is 1.44 bits per heavy atom. The summed E-state index contributed by atoms with van der Waals surface area (Å²) in [6.07, 6.45) is 7.26. The monoisotopic (exact) mass is 214 g/mol. The van der Waals surface area contributed by atoms with Crippen LogP contribution in [0.15, 0.2) is 55.6 Å². The van der Waals surface area contributed by atoms with Crippen molar-refractivity contribution < 1.29 is 4.74 Å². The predicted octanol–water partition coefficient (Wildman–Crippen LogP) is 2.50. The summed E-state index contributed by atoms with van der Waals surface area (Å²) in [5.41, 5.74) is 1.19. The Morgan fingerprint density at radius 3 is 3.12 bits per heavy atom. The molecule has 0 unspecified atom stereocenters. The van der Waals surface area contributed by atoms with E-state index in [1.807, 2.05) is 29.0 Å². The van der Waals surface area contributed by atoms with Crippen LogP contribution in [0.2, 0.25) is 0 Å². The van der Waals surface area contributed by atoms with Crippen molar-refractivity contribution >= 4 is 0 Å². The lowest BCUT2D eigenvalue weighted by atomic mass is 10.2. The topological polar surface area (TPSA) is 27.1 Å². The van der Waals surface area contributed by atoms with Crippen molar-refractivity contribution in [3.8, 4) is 5.75 Å². The Morgan fingerprint density at radius 2 is 2.38 bits per heavy atom. The highest BCUT2D eigenvalue weighted by Gasteiger charge is 1.97. The van der Waals surface area contributed by atoms with Gasteiger partial charge >= 0.3 is 0 Å². The van der Waals surface area contributed by atoms with E-state index in [-0.39, 0.29) is 0 Å². The Balaban J connectivity index is 2.06. The third-order valence-corrected chi connectivity index (χ3v) is 2.19. The van der Waals surface area contributed by atoms with E-state index in [0.717, 1.165) is 12.3 Å². The van der Waals surface area contributed by atoms with Crippen LogP contribution in [0.25, 0.3) is 0 Å². The SMILES string of the molecule is C=CCOc1cccc(Cn2ccnc2)c1. The van der Waals surface area contributed by atoms with Crippen molar-refractivity contribution in [1.29, 1.82) is 0 Å². The molecular weight excluding hydrogens is 200 g/mol. The fourth-order valence-electron chi connectivity index (χ4n) is 1.48. The second-order valence-corrected chi connectivity index (χ2v) is 3.48. The number of hydrogen-bond acceptors (Lipinski definition) is 2. The molecule has 3 nitrogen and oxygen atoms in total. The summed E-state index contributed by atoms with van der Waals surface area (Å²) in [6.45, 7) is 4.97. The summed E-state index contributed by atoms with van der Waals surface area (Å²) in [5, 5.41) is 0. The molecule has 0 saturated heterocycles. The van der Waals surface area contributed by atoms with E-state index in [2.05, 4.69) is 17.6 Å². The van der Waals surface area contributed by atoms with Gasteiger partial charge in [-0.15, -0.1) is 0 Å². The van der Waals surface area contributed by atoms with Crippen molar-refractivity contribution in [3.05, 3.63) is 61.2 Å². The minimum absolute atomic E-state index is 0.536. The van der Waals surface area contributed by atoms with Crippen molar-refractivity contribution in [2.75, 3.05) is 6.61 Å². The second kappa shape index (κ2) is 5.16. The number of hydrogen-bond donors (Lipinski definition) is 0. The molecule has 0 aliphatic carbocycles. The molecule has 0 saturated carbocycles. The van der Waals surface area contributed by atoms with Gasteiger partial charge in [-0.1, -0.05) is 24.8 Å². The van der Waals surface area contributed by atoms with Crippen molar-refractivity contribution in [2.24, 2.45) is 0 Å². The zero-order valence-corrected chi connectivity index (χ0v) is 9.04. The van der Waals surface area contributed by atoms with Crippen molar-refractivity contribution in [1.82, 2.24) is 9.55 Å². The van der Waals surface area contributed by atoms with Gasteiger partial charge in [0.15, 0.2) is 0 Å². The normalized spacial score (nSPS) is 10.0. The van der Waals surface area contributed by atoms with Gasteiger partial charge in [0, 0.05) is 18.9 Å². The third kappa shape index (κ3) is 2.73. The predicted molar refractivity (Wildman–Crippen MR) is 63.5 cm³/mol. The molecule has 0 amide bonds. The number of rotatable bonds is 5. The number of nitrogens with zero attached hydrogens (tertiary/aromatic N) is 2.